The summed E-state index contributed by atoms with van der Waals surface area (Å²) in [5, 5.41) is 3.42. The number of aromatic nitrogens is 2. The fraction of sp³-hybridized carbons (Fsp3) is 0.500. The molecule has 1 aliphatic rings. The van der Waals surface area contributed by atoms with Gasteiger partial charge in [0.1, 0.15) is 5.75 Å². The van der Waals surface area contributed by atoms with Crippen LogP contribution >= 0.6 is 11.3 Å². The molecule has 25 heavy (non-hydrogen) atoms. The van der Waals surface area contributed by atoms with E-state index in [1.54, 1.807) is 18.4 Å². The van der Waals surface area contributed by atoms with E-state index >= 15 is 0 Å². The van der Waals surface area contributed by atoms with Gasteiger partial charge in [-0.2, -0.15) is 0 Å². The van der Waals surface area contributed by atoms with Crippen molar-refractivity contribution >= 4 is 22.4 Å². The maximum Gasteiger partial charge on any atom is 0.223 e. The minimum atomic E-state index is -0.0790. The number of carbonyl (C=O) groups excluding carboxylic acids is 1. The van der Waals surface area contributed by atoms with Crippen LogP contribution in [-0.4, -0.2) is 41.0 Å². The standard InChI is InChI=1S/C18H24N4O2S/c1-13(23)21-18-20-10-17(25-18)12-22-7-3-4-14(11-22)8-15-9-16(24-2)5-6-19-15/h5-6,9-10,14H,3-4,7-8,11-12H2,1-2H3,(H,20,21,23). The molecule has 1 amide bonds. The Kier molecular flexibility index (Phi) is 5.99. The van der Waals surface area contributed by atoms with Gasteiger partial charge in [0.15, 0.2) is 5.13 Å². The van der Waals surface area contributed by atoms with E-state index in [0.717, 1.165) is 37.5 Å². The Morgan fingerprint density at radius 2 is 2.36 bits per heavy atom. The van der Waals surface area contributed by atoms with Gasteiger partial charge in [-0.05, 0) is 37.8 Å². The van der Waals surface area contributed by atoms with E-state index in [2.05, 4.69) is 20.2 Å². The number of carbonyl (C=O) groups is 1. The van der Waals surface area contributed by atoms with Gasteiger partial charge in [0, 0.05) is 49.0 Å². The molecule has 1 N–H and O–H groups in total. The van der Waals surface area contributed by atoms with E-state index in [4.69, 9.17) is 4.74 Å². The molecular formula is C18H24N4O2S. The highest BCUT2D eigenvalue weighted by Crippen LogP contribution is 2.25. The van der Waals surface area contributed by atoms with E-state index in [-0.39, 0.29) is 5.91 Å². The summed E-state index contributed by atoms with van der Waals surface area (Å²) < 4.78 is 5.29. The summed E-state index contributed by atoms with van der Waals surface area (Å²) in [6.45, 7) is 4.56. The number of likely N-dealkylation sites (tertiary alicyclic amines) is 1. The lowest BCUT2D eigenvalue weighted by atomic mass is 9.93. The second-order valence-corrected chi connectivity index (χ2v) is 7.56. The van der Waals surface area contributed by atoms with Crippen molar-refractivity contribution in [3.63, 3.8) is 0 Å². The summed E-state index contributed by atoms with van der Waals surface area (Å²) in [6.07, 6.45) is 7.09. The summed E-state index contributed by atoms with van der Waals surface area (Å²) in [4.78, 5) is 23.5. The third kappa shape index (κ3) is 5.24. The molecule has 1 unspecified atom stereocenters. The van der Waals surface area contributed by atoms with Crippen molar-refractivity contribution in [2.45, 2.75) is 32.7 Å². The van der Waals surface area contributed by atoms with Crippen molar-refractivity contribution in [3.8, 4) is 5.75 Å². The number of pyridine rings is 1. The SMILES string of the molecule is COc1ccnc(CC2CCCN(Cc3cnc(NC(C)=O)s3)C2)c1. The number of rotatable bonds is 6. The number of anilines is 1. The topological polar surface area (TPSA) is 67.3 Å². The average molecular weight is 360 g/mol. The maximum absolute atomic E-state index is 11.1. The average Bonchev–Trinajstić information content (AvgIpc) is 3.01. The first kappa shape index (κ1) is 17.8. The zero-order chi connectivity index (χ0) is 17.6. The van der Waals surface area contributed by atoms with Crippen LogP contribution in [0.25, 0.3) is 0 Å². The first-order chi connectivity index (χ1) is 12.1. The number of methoxy groups -OCH3 is 1. The van der Waals surface area contributed by atoms with Crippen LogP contribution in [0.2, 0.25) is 0 Å². The van der Waals surface area contributed by atoms with Gasteiger partial charge in [-0.25, -0.2) is 4.98 Å². The molecule has 0 radical (unpaired) electrons. The molecule has 134 valence electrons. The smallest absolute Gasteiger partial charge is 0.223 e. The summed E-state index contributed by atoms with van der Waals surface area (Å²) in [5.74, 6) is 1.40. The number of amides is 1. The van der Waals surface area contributed by atoms with Gasteiger partial charge in [0.25, 0.3) is 0 Å². The summed E-state index contributed by atoms with van der Waals surface area (Å²) in [7, 11) is 1.69. The number of hydrogen-bond acceptors (Lipinski definition) is 6. The molecule has 1 saturated heterocycles. The normalized spacial score (nSPS) is 18.1. The van der Waals surface area contributed by atoms with Crippen molar-refractivity contribution in [3.05, 3.63) is 35.1 Å². The summed E-state index contributed by atoms with van der Waals surface area (Å²) in [5.41, 5.74) is 1.09. The van der Waals surface area contributed by atoms with Gasteiger partial charge in [-0.15, -0.1) is 11.3 Å². The van der Waals surface area contributed by atoms with E-state index in [9.17, 15) is 4.79 Å². The molecule has 7 heteroatoms. The molecule has 0 saturated carbocycles. The van der Waals surface area contributed by atoms with Crippen LogP contribution in [0, 0.1) is 5.92 Å². The predicted octanol–water partition coefficient (Wildman–Crippen LogP) is 2.96. The summed E-state index contributed by atoms with van der Waals surface area (Å²) >= 11 is 1.55. The molecule has 2 aromatic heterocycles. The largest absolute Gasteiger partial charge is 0.497 e. The molecule has 0 bridgehead atoms. The highest BCUT2D eigenvalue weighted by Gasteiger charge is 2.21. The van der Waals surface area contributed by atoms with Crippen molar-refractivity contribution < 1.29 is 9.53 Å². The first-order valence-corrected chi connectivity index (χ1v) is 9.37. The molecule has 1 aliphatic heterocycles. The van der Waals surface area contributed by atoms with Crippen molar-refractivity contribution in [1.29, 1.82) is 0 Å². The highest BCUT2D eigenvalue weighted by atomic mass is 32.1. The summed E-state index contributed by atoms with van der Waals surface area (Å²) in [6, 6.07) is 3.91. The second kappa shape index (κ2) is 8.40. The number of ether oxygens (including phenoxy) is 1. The van der Waals surface area contributed by atoms with Crippen LogP contribution in [0.3, 0.4) is 0 Å². The van der Waals surface area contributed by atoms with Crippen LogP contribution < -0.4 is 10.1 Å². The number of piperidine rings is 1. The third-order valence-electron chi connectivity index (χ3n) is 4.34. The Balaban J connectivity index is 1.55. The van der Waals surface area contributed by atoms with E-state index in [1.807, 2.05) is 24.5 Å². The molecule has 0 aliphatic carbocycles. The van der Waals surface area contributed by atoms with Gasteiger partial charge in [-0.3, -0.25) is 14.7 Å². The lowest BCUT2D eigenvalue weighted by Crippen LogP contribution is -2.35. The fourth-order valence-corrected chi connectivity index (χ4v) is 4.16. The van der Waals surface area contributed by atoms with E-state index < -0.39 is 0 Å². The Morgan fingerprint density at radius 3 is 3.16 bits per heavy atom. The Hall–Kier alpha value is -1.99. The minimum Gasteiger partial charge on any atom is -0.497 e. The molecule has 2 aromatic rings. The molecule has 0 spiro atoms. The van der Waals surface area contributed by atoms with Gasteiger partial charge in [0.2, 0.25) is 5.91 Å². The van der Waals surface area contributed by atoms with Crippen LogP contribution in [0.4, 0.5) is 5.13 Å². The monoisotopic (exact) mass is 360 g/mol. The Morgan fingerprint density at radius 1 is 1.48 bits per heavy atom. The zero-order valence-corrected chi connectivity index (χ0v) is 15.5. The van der Waals surface area contributed by atoms with Gasteiger partial charge >= 0.3 is 0 Å². The number of nitrogens with zero attached hydrogens (tertiary/aromatic N) is 3. The fourth-order valence-electron chi connectivity index (χ4n) is 3.26. The van der Waals surface area contributed by atoms with Crippen molar-refractivity contribution in [1.82, 2.24) is 14.9 Å². The highest BCUT2D eigenvalue weighted by molar-refractivity contribution is 7.15. The molecular weight excluding hydrogens is 336 g/mol. The van der Waals surface area contributed by atoms with Gasteiger partial charge in [-0.1, -0.05) is 0 Å². The van der Waals surface area contributed by atoms with E-state index in [0.29, 0.717) is 11.0 Å². The van der Waals surface area contributed by atoms with Crippen molar-refractivity contribution in [2.75, 3.05) is 25.5 Å². The lowest BCUT2D eigenvalue weighted by molar-refractivity contribution is -0.114. The lowest BCUT2D eigenvalue weighted by Gasteiger charge is -2.32. The Bertz CT molecular complexity index is 719. The minimum absolute atomic E-state index is 0.0790. The maximum atomic E-state index is 11.1. The van der Waals surface area contributed by atoms with Crippen LogP contribution in [-0.2, 0) is 17.8 Å². The molecule has 6 nitrogen and oxygen atoms in total. The van der Waals surface area contributed by atoms with Gasteiger partial charge in [0.05, 0.1) is 7.11 Å². The van der Waals surface area contributed by atoms with Crippen molar-refractivity contribution in [2.24, 2.45) is 5.92 Å². The second-order valence-electron chi connectivity index (χ2n) is 6.45. The van der Waals surface area contributed by atoms with Crippen LogP contribution in [0.5, 0.6) is 5.75 Å². The quantitative estimate of drug-likeness (QED) is 0.858. The third-order valence-corrected chi connectivity index (χ3v) is 5.24. The first-order valence-electron chi connectivity index (χ1n) is 8.56. The van der Waals surface area contributed by atoms with Crippen LogP contribution in [0.1, 0.15) is 30.3 Å². The molecule has 0 aromatic carbocycles. The molecule has 1 fully saturated rings. The Labute approximate surface area is 152 Å². The number of hydrogen-bond donors (Lipinski definition) is 1. The number of thiazole rings is 1. The molecule has 3 rings (SSSR count). The van der Waals surface area contributed by atoms with Gasteiger partial charge < -0.3 is 10.1 Å². The molecule has 3 heterocycles. The van der Waals surface area contributed by atoms with Crippen LogP contribution in [0.15, 0.2) is 24.5 Å². The number of nitrogens with one attached hydrogen (secondary N) is 1. The van der Waals surface area contributed by atoms with E-state index in [1.165, 1.54) is 24.6 Å². The predicted molar refractivity (Wildman–Crippen MR) is 98.9 cm³/mol. The zero-order valence-electron chi connectivity index (χ0n) is 14.7. The molecule has 1 atom stereocenters.